The van der Waals surface area contributed by atoms with Crippen molar-refractivity contribution < 1.29 is 14.7 Å². The summed E-state index contributed by atoms with van der Waals surface area (Å²) >= 11 is 6.07. The van der Waals surface area contributed by atoms with E-state index in [1.807, 2.05) is 13.8 Å². The number of hydrogen-bond donors (Lipinski definition) is 3. The van der Waals surface area contributed by atoms with E-state index < -0.39 is 17.4 Å². The summed E-state index contributed by atoms with van der Waals surface area (Å²) in [7, 11) is 0. The Hall–Kier alpha value is -1.59. The van der Waals surface area contributed by atoms with Crippen LogP contribution in [-0.4, -0.2) is 22.5 Å². The molecular weight excluding hydrogens is 280 g/mol. The first-order valence-electron chi connectivity index (χ1n) is 6.43. The number of carboxylic acid groups (broad SMARTS) is 1. The second-order valence-electron chi connectivity index (χ2n) is 4.62. The zero-order chi connectivity index (χ0) is 15.3. The molecule has 20 heavy (non-hydrogen) atoms. The third kappa shape index (κ3) is 3.49. The van der Waals surface area contributed by atoms with E-state index >= 15 is 0 Å². The lowest BCUT2D eigenvalue weighted by molar-refractivity contribution is -0.145. The fourth-order valence-electron chi connectivity index (χ4n) is 1.99. The Kier molecular flexibility index (Phi) is 5.53. The molecule has 0 unspecified atom stereocenters. The molecule has 0 aliphatic heterocycles. The Bertz CT molecular complexity index is 513. The molecule has 0 aliphatic carbocycles. The van der Waals surface area contributed by atoms with Crippen molar-refractivity contribution in [3.8, 4) is 0 Å². The zero-order valence-electron chi connectivity index (χ0n) is 11.6. The lowest BCUT2D eigenvalue weighted by Gasteiger charge is -2.28. The van der Waals surface area contributed by atoms with Gasteiger partial charge in [0.1, 0.15) is 5.54 Å². The maximum Gasteiger partial charge on any atom is 0.323 e. The van der Waals surface area contributed by atoms with Gasteiger partial charge in [-0.2, -0.15) is 0 Å². The summed E-state index contributed by atoms with van der Waals surface area (Å²) < 4.78 is 0. The second-order valence-corrected chi connectivity index (χ2v) is 5.03. The Balaban J connectivity index is 2.89. The van der Waals surface area contributed by atoms with Gasteiger partial charge in [-0.1, -0.05) is 31.5 Å². The van der Waals surface area contributed by atoms with Gasteiger partial charge in [-0.25, -0.2) is 0 Å². The molecule has 0 saturated carbocycles. The van der Waals surface area contributed by atoms with Gasteiger partial charge in [-0.3, -0.25) is 14.9 Å². The monoisotopic (exact) mass is 298 g/mol. The Morgan fingerprint density at radius 2 is 1.95 bits per heavy atom. The van der Waals surface area contributed by atoms with Gasteiger partial charge in [0, 0.05) is 17.1 Å². The molecule has 1 amide bonds. The first kappa shape index (κ1) is 16.5. The number of nitrogens with two attached hydrogens (primary N) is 1. The number of carbonyl (C=O) groups excluding carboxylic acids is 1. The highest BCUT2D eigenvalue weighted by Gasteiger charge is 2.34. The molecule has 0 saturated heterocycles. The van der Waals surface area contributed by atoms with Crippen molar-refractivity contribution in [2.75, 3.05) is 0 Å². The van der Waals surface area contributed by atoms with Crippen LogP contribution >= 0.6 is 11.6 Å². The van der Waals surface area contributed by atoms with Crippen molar-refractivity contribution in [3.05, 3.63) is 34.3 Å². The van der Waals surface area contributed by atoms with Crippen molar-refractivity contribution >= 4 is 23.5 Å². The molecule has 0 bridgehead atoms. The first-order valence-corrected chi connectivity index (χ1v) is 6.80. The molecule has 0 radical (unpaired) electrons. The minimum absolute atomic E-state index is 0.311. The molecule has 4 N–H and O–H groups in total. The number of carbonyl (C=O) groups is 2. The van der Waals surface area contributed by atoms with Crippen LogP contribution in [0.5, 0.6) is 0 Å². The Morgan fingerprint density at radius 3 is 2.35 bits per heavy atom. The van der Waals surface area contributed by atoms with Crippen LogP contribution < -0.4 is 11.1 Å². The Labute approximate surface area is 123 Å². The third-order valence-corrected chi connectivity index (χ3v) is 3.92. The lowest BCUT2D eigenvalue weighted by atomic mass is 9.92. The van der Waals surface area contributed by atoms with Crippen molar-refractivity contribution in [2.45, 2.75) is 38.8 Å². The minimum atomic E-state index is -0.967. The van der Waals surface area contributed by atoms with Crippen LogP contribution in [0.15, 0.2) is 18.2 Å². The summed E-state index contributed by atoms with van der Waals surface area (Å²) in [5.74, 6) is -1.43. The van der Waals surface area contributed by atoms with E-state index in [-0.39, 0.29) is 0 Å². The highest BCUT2D eigenvalue weighted by Crippen LogP contribution is 2.21. The third-order valence-electron chi connectivity index (χ3n) is 3.57. The fraction of sp³-hybridized carbons (Fsp3) is 0.429. The summed E-state index contributed by atoms with van der Waals surface area (Å²) in [5, 5.41) is 12.8. The van der Waals surface area contributed by atoms with Gasteiger partial charge in [0.2, 0.25) is 5.91 Å². The molecule has 1 aromatic carbocycles. The van der Waals surface area contributed by atoms with E-state index in [1.54, 1.807) is 12.1 Å². The molecule has 1 aromatic rings. The summed E-state index contributed by atoms with van der Waals surface area (Å²) in [6.45, 7) is 3.96. The molecule has 0 aromatic heterocycles. The zero-order valence-corrected chi connectivity index (χ0v) is 12.3. The van der Waals surface area contributed by atoms with E-state index in [0.717, 1.165) is 5.56 Å². The van der Waals surface area contributed by atoms with Crippen molar-refractivity contribution in [2.24, 2.45) is 5.73 Å². The van der Waals surface area contributed by atoms with Crippen LogP contribution in [0.25, 0.3) is 0 Å². The SMILES string of the molecule is CCC(CC)(NCc1ccc(C(N)=O)cc1Cl)C(=O)O. The van der Waals surface area contributed by atoms with Crippen LogP contribution in [0.3, 0.4) is 0 Å². The summed E-state index contributed by atoms with van der Waals surface area (Å²) in [6.07, 6.45) is 0.936. The number of carboxylic acids is 1. The summed E-state index contributed by atoms with van der Waals surface area (Å²) in [4.78, 5) is 22.4. The number of primary amides is 1. The van der Waals surface area contributed by atoms with Crippen LogP contribution in [0.2, 0.25) is 5.02 Å². The number of hydrogen-bond acceptors (Lipinski definition) is 3. The molecule has 0 aliphatic rings. The summed E-state index contributed by atoms with van der Waals surface area (Å²) in [5.41, 5.74) is 5.26. The molecule has 0 spiro atoms. The highest BCUT2D eigenvalue weighted by molar-refractivity contribution is 6.31. The van der Waals surface area contributed by atoms with E-state index in [9.17, 15) is 14.7 Å². The van der Waals surface area contributed by atoms with Gasteiger partial charge < -0.3 is 10.8 Å². The molecular formula is C14H19ClN2O3. The molecule has 5 nitrogen and oxygen atoms in total. The quantitative estimate of drug-likeness (QED) is 0.719. The average Bonchev–Trinajstić information content (AvgIpc) is 2.41. The minimum Gasteiger partial charge on any atom is -0.480 e. The number of amides is 1. The number of aliphatic carboxylic acids is 1. The number of nitrogens with one attached hydrogen (secondary N) is 1. The Morgan fingerprint density at radius 1 is 1.35 bits per heavy atom. The topological polar surface area (TPSA) is 92.4 Å². The molecule has 1 rings (SSSR count). The van der Waals surface area contributed by atoms with Crippen LogP contribution in [0.4, 0.5) is 0 Å². The largest absolute Gasteiger partial charge is 0.480 e. The number of benzene rings is 1. The van der Waals surface area contributed by atoms with E-state index in [2.05, 4.69) is 5.32 Å². The van der Waals surface area contributed by atoms with Crippen molar-refractivity contribution in [1.82, 2.24) is 5.32 Å². The molecule has 110 valence electrons. The predicted octanol–water partition coefficient (Wildman–Crippen LogP) is 2.17. The standard InChI is InChI=1S/C14H19ClN2O3/c1-3-14(4-2,13(19)20)17-8-10-6-5-9(12(16)18)7-11(10)15/h5-7,17H,3-4,8H2,1-2H3,(H2,16,18)(H,19,20). The predicted molar refractivity (Wildman–Crippen MR) is 77.8 cm³/mol. The van der Waals surface area contributed by atoms with Crippen LogP contribution in [0, 0.1) is 0 Å². The lowest BCUT2D eigenvalue weighted by Crippen LogP contribution is -2.50. The van der Waals surface area contributed by atoms with Crippen LogP contribution in [-0.2, 0) is 11.3 Å². The first-order chi connectivity index (χ1) is 9.36. The van der Waals surface area contributed by atoms with E-state index in [1.165, 1.54) is 6.07 Å². The molecule has 0 heterocycles. The molecule has 6 heteroatoms. The van der Waals surface area contributed by atoms with Gasteiger partial charge in [0.25, 0.3) is 0 Å². The number of halogens is 1. The van der Waals surface area contributed by atoms with Gasteiger partial charge >= 0.3 is 5.97 Å². The summed E-state index contributed by atoms with van der Waals surface area (Å²) in [6, 6.07) is 4.74. The highest BCUT2D eigenvalue weighted by atomic mass is 35.5. The van der Waals surface area contributed by atoms with Gasteiger partial charge in [0.05, 0.1) is 0 Å². The molecule has 0 atom stereocenters. The van der Waals surface area contributed by atoms with Crippen molar-refractivity contribution in [1.29, 1.82) is 0 Å². The van der Waals surface area contributed by atoms with Crippen molar-refractivity contribution in [3.63, 3.8) is 0 Å². The number of rotatable bonds is 7. The van der Waals surface area contributed by atoms with E-state index in [0.29, 0.717) is 30.0 Å². The fourth-order valence-corrected chi connectivity index (χ4v) is 2.23. The average molecular weight is 299 g/mol. The maximum atomic E-state index is 11.4. The van der Waals surface area contributed by atoms with Gasteiger partial charge in [-0.05, 0) is 30.5 Å². The van der Waals surface area contributed by atoms with Crippen LogP contribution in [0.1, 0.15) is 42.6 Å². The van der Waals surface area contributed by atoms with Gasteiger partial charge in [-0.15, -0.1) is 0 Å². The van der Waals surface area contributed by atoms with E-state index in [4.69, 9.17) is 17.3 Å². The molecule has 0 fully saturated rings. The van der Waals surface area contributed by atoms with Gasteiger partial charge in [0.15, 0.2) is 0 Å². The smallest absolute Gasteiger partial charge is 0.323 e. The maximum absolute atomic E-state index is 11.4. The second kappa shape index (κ2) is 6.72. The normalized spacial score (nSPS) is 11.3.